The van der Waals surface area contributed by atoms with Crippen LogP contribution in [-0.2, 0) is 0 Å². The fraction of sp³-hybridized carbons (Fsp3) is 0.400. The lowest BCUT2D eigenvalue weighted by molar-refractivity contribution is 0.570. The molecule has 0 bridgehead atoms. The molecule has 1 aromatic heterocycles. The van der Waals surface area contributed by atoms with Crippen molar-refractivity contribution < 1.29 is 0 Å². The van der Waals surface area contributed by atoms with Gasteiger partial charge in [-0.05, 0) is 60.4 Å². The van der Waals surface area contributed by atoms with E-state index in [0.717, 1.165) is 29.0 Å². The normalized spacial score (nSPS) is 12.6. The first-order valence-electron chi connectivity index (χ1n) is 6.66. The molecule has 2 rings (SSSR count). The van der Waals surface area contributed by atoms with E-state index in [9.17, 15) is 0 Å². The highest BCUT2D eigenvalue weighted by Gasteiger charge is 2.09. The second-order valence-electron chi connectivity index (χ2n) is 4.73. The third-order valence-electron chi connectivity index (χ3n) is 3.26. The highest BCUT2D eigenvalue weighted by molar-refractivity contribution is 9.10. The summed E-state index contributed by atoms with van der Waals surface area (Å²) in [5.41, 5.74) is 2.42. The largest absolute Gasteiger partial charge is 0.310 e. The quantitative estimate of drug-likeness (QED) is 0.901. The molecule has 1 unspecified atom stereocenters. The Hall–Kier alpha value is -1.13. The Balaban J connectivity index is 2.25. The Bertz CT molecular complexity index is 548. The molecule has 1 N–H and O–H groups in total. The standard InChI is InChI=1S/C15H20BrN3/c1-4-7-17-11(2)13-5-6-15(14(16)10-13)19-9-8-18-12(19)3/h5-6,8-11,17H,4,7H2,1-3H3. The number of hydrogen-bond acceptors (Lipinski definition) is 2. The predicted molar refractivity (Wildman–Crippen MR) is 82.7 cm³/mol. The minimum absolute atomic E-state index is 0.370. The first-order chi connectivity index (χ1) is 9.13. The maximum absolute atomic E-state index is 4.26. The van der Waals surface area contributed by atoms with Gasteiger partial charge in [-0.15, -0.1) is 0 Å². The molecule has 2 aromatic rings. The fourth-order valence-corrected chi connectivity index (χ4v) is 2.69. The average Bonchev–Trinajstić information content (AvgIpc) is 2.82. The first kappa shape index (κ1) is 14.3. The summed E-state index contributed by atoms with van der Waals surface area (Å²) < 4.78 is 3.18. The number of halogens is 1. The molecule has 0 saturated carbocycles. The van der Waals surface area contributed by atoms with Crippen molar-refractivity contribution in [1.29, 1.82) is 0 Å². The molecule has 1 atom stereocenters. The number of hydrogen-bond donors (Lipinski definition) is 1. The zero-order valence-electron chi connectivity index (χ0n) is 11.7. The van der Waals surface area contributed by atoms with Gasteiger partial charge < -0.3 is 9.88 Å². The smallest absolute Gasteiger partial charge is 0.110 e. The third kappa shape index (κ3) is 3.25. The van der Waals surface area contributed by atoms with Crippen molar-refractivity contribution in [3.05, 3.63) is 46.5 Å². The molecule has 0 fully saturated rings. The molecule has 0 spiro atoms. The van der Waals surface area contributed by atoms with E-state index in [2.05, 4.69) is 62.8 Å². The zero-order valence-corrected chi connectivity index (χ0v) is 13.2. The molecule has 0 amide bonds. The lowest BCUT2D eigenvalue weighted by Crippen LogP contribution is -2.19. The van der Waals surface area contributed by atoms with Gasteiger partial charge in [-0.1, -0.05) is 13.0 Å². The second-order valence-corrected chi connectivity index (χ2v) is 5.59. The summed E-state index contributed by atoms with van der Waals surface area (Å²) in [4.78, 5) is 4.26. The molecule has 0 aliphatic carbocycles. The van der Waals surface area contributed by atoms with Crippen LogP contribution in [0.1, 0.15) is 37.7 Å². The monoisotopic (exact) mass is 321 g/mol. The van der Waals surface area contributed by atoms with Gasteiger partial charge in [0.2, 0.25) is 0 Å². The Morgan fingerprint density at radius 2 is 2.21 bits per heavy atom. The van der Waals surface area contributed by atoms with Gasteiger partial charge in [-0.2, -0.15) is 0 Å². The van der Waals surface area contributed by atoms with E-state index in [1.165, 1.54) is 5.56 Å². The van der Waals surface area contributed by atoms with Gasteiger partial charge in [0.1, 0.15) is 5.82 Å². The molecule has 0 aliphatic rings. The molecule has 1 aromatic carbocycles. The van der Waals surface area contributed by atoms with Crippen LogP contribution in [0.3, 0.4) is 0 Å². The van der Waals surface area contributed by atoms with E-state index in [1.54, 1.807) is 0 Å². The van der Waals surface area contributed by atoms with E-state index in [0.29, 0.717) is 6.04 Å². The van der Waals surface area contributed by atoms with Gasteiger partial charge in [0.15, 0.2) is 0 Å². The number of nitrogens with one attached hydrogen (secondary N) is 1. The van der Waals surface area contributed by atoms with E-state index in [4.69, 9.17) is 0 Å². The minimum Gasteiger partial charge on any atom is -0.310 e. The molecular formula is C15H20BrN3. The van der Waals surface area contributed by atoms with Gasteiger partial charge in [0.25, 0.3) is 0 Å². The summed E-state index contributed by atoms with van der Waals surface area (Å²) >= 11 is 3.66. The van der Waals surface area contributed by atoms with Crippen molar-refractivity contribution in [3.63, 3.8) is 0 Å². The van der Waals surface area contributed by atoms with E-state index in [1.807, 2.05) is 19.3 Å². The van der Waals surface area contributed by atoms with Gasteiger partial charge in [-0.25, -0.2) is 4.98 Å². The Morgan fingerprint density at radius 1 is 1.42 bits per heavy atom. The number of aryl methyl sites for hydroxylation is 1. The molecule has 4 heteroatoms. The maximum Gasteiger partial charge on any atom is 0.110 e. The minimum atomic E-state index is 0.370. The molecule has 0 saturated heterocycles. The maximum atomic E-state index is 4.26. The van der Waals surface area contributed by atoms with E-state index in [-0.39, 0.29) is 0 Å². The molecule has 0 aliphatic heterocycles. The zero-order chi connectivity index (χ0) is 13.8. The van der Waals surface area contributed by atoms with Gasteiger partial charge >= 0.3 is 0 Å². The van der Waals surface area contributed by atoms with Crippen LogP contribution in [0.25, 0.3) is 5.69 Å². The number of nitrogens with zero attached hydrogens (tertiary/aromatic N) is 2. The molecule has 1 heterocycles. The summed E-state index contributed by atoms with van der Waals surface area (Å²) in [5, 5.41) is 3.50. The van der Waals surface area contributed by atoms with Crippen molar-refractivity contribution in [2.45, 2.75) is 33.2 Å². The highest BCUT2D eigenvalue weighted by atomic mass is 79.9. The van der Waals surface area contributed by atoms with Gasteiger partial charge in [-0.3, -0.25) is 0 Å². The third-order valence-corrected chi connectivity index (χ3v) is 3.89. The summed E-state index contributed by atoms with van der Waals surface area (Å²) in [5.74, 6) is 0.991. The van der Waals surface area contributed by atoms with Crippen molar-refractivity contribution >= 4 is 15.9 Å². The number of benzene rings is 1. The molecular weight excluding hydrogens is 302 g/mol. The SMILES string of the molecule is CCCNC(C)c1ccc(-n2ccnc2C)c(Br)c1. The second kappa shape index (κ2) is 6.35. The molecule has 0 radical (unpaired) electrons. The predicted octanol–water partition coefficient (Wildman–Crippen LogP) is 4.00. The number of aromatic nitrogens is 2. The Kier molecular flexibility index (Phi) is 4.77. The van der Waals surface area contributed by atoms with Crippen LogP contribution in [0, 0.1) is 6.92 Å². The van der Waals surface area contributed by atoms with Crippen LogP contribution in [0.5, 0.6) is 0 Å². The van der Waals surface area contributed by atoms with Crippen LogP contribution in [0.2, 0.25) is 0 Å². The summed E-state index contributed by atoms with van der Waals surface area (Å²) in [7, 11) is 0. The van der Waals surface area contributed by atoms with Gasteiger partial charge in [0.05, 0.1) is 5.69 Å². The van der Waals surface area contributed by atoms with Crippen LogP contribution in [0.4, 0.5) is 0 Å². The van der Waals surface area contributed by atoms with Crippen LogP contribution in [-0.4, -0.2) is 16.1 Å². The van der Waals surface area contributed by atoms with Crippen molar-refractivity contribution in [1.82, 2.24) is 14.9 Å². The van der Waals surface area contributed by atoms with Crippen molar-refractivity contribution in [3.8, 4) is 5.69 Å². The highest BCUT2D eigenvalue weighted by Crippen LogP contribution is 2.26. The van der Waals surface area contributed by atoms with Crippen molar-refractivity contribution in [2.75, 3.05) is 6.54 Å². The van der Waals surface area contributed by atoms with Crippen LogP contribution >= 0.6 is 15.9 Å². The Labute approximate surface area is 123 Å². The molecule has 19 heavy (non-hydrogen) atoms. The topological polar surface area (TPSA) is 29.9 Å². The van der Waals surface area contributed by atoms with Crippen molar-refractivity contribution in [2.24, 2.45) is 0 Å². The molecule has 3 nitrogen and oxygen atoms in total. The summed E-state index contributed by atoms with van der Waals surface area (Å²) in [6, 6.07) is 6.86. The van der Waals surface area contributed by atoms with E-state index < -0.39 is 0 Å². The lowest BCUT2D eigenvalue weighted by atomic mass is 10.1. The average molecular weight is 322 g/mol. The van der Waals surface area contributed by atoms with Gasteiger partial charge in [0, 0.05) is 22.9 Å². The summed E-state index contributed by atoms with van der Waals surface area (Å²) in [6.07, 6.45) is 4.95. The first-order valence-corrected chi connectivity index (χ1v) is 7.46. The molecule has 102 valence electrons. The Morgan fingerprint density at radius 3 is 2.79 bits per heavy atom. The number of rotatable bonds is 5. The fourth-order valence-electron chi connectivity index (χ4n) is 2.10. The van der Waals surface area contributed by atoms with E-state index >= 15 is 0 Å². The number of imidazole rings is 1. The van der Waals surface area contributed by atoms with Crippen LogP contribution < -0.4 is 5.32 Å². The lowest BCUT2D eigenvalue weighted by Gasteiger charge is -2.16. The van der Waals surface area contributed by atoms with Crippen LogP contribution in [0.15, 0.2) is 35.1 Å². The summed E-state index contributed by atoms with van der Waals surface area (Å²) in [6.45, 7) is 7.42.